The molecule has 2 heterocycles. The van der Waals surface area contributed by atoms with Crippen molar-refractivity contribution in [3.8, 4) is 0 Å². The van der Waals surface area contributed by atoms with Gasteiger partial charge >= 0.3 is 11.9 Å². The molecule has 3 N–H and O–H groups in total. The smallest absolute Gasteiger partial charge is 0.360 e. The van der Waals surface area contributed by atoms with Gasteiger partial charge in [0, 0.05) is 11.1 Å². The van der Waals surface area contributed by atoms with Crippen molar-refractivity contribution in [2.24, 2.45) is 0 Å². The predicted octanol–water partition coefficient (Wildman–Crippen LogP) is 5.36. The van der Waals surface area contributed by atoms with E-state index in [4.69, 9.17) is 9.84 Å². The van der Waals surface area contributed by atoms with E-state index in [1.807, 2.05) is 13.8 Å². The van der Waals surface area contributed by atoms with Gasteiger partial charge in [0.25, 0.3) is 0 Å². The molecule has 0 fully saturated rings. The zero-order chi connectivity index (χ0) is 22.9. The van der Waals surface area contributed by atoms with Crippen LogP contribution in [0.1, 0.15) is 82.3 Å². The fraction of sp³-hybridized carbons (Fsp3) is 0.600. The van der Waals surface area contributed by atoms with Crippen LogP contribution < -0.4 is 10.6 Å². The molecule has 10 heteroatoms. The molecule has 0 aliphatic rings. The Morgan fingerprint density at radius 2 is 1.37 bits per heavy atom. The van der Waals surface area contributed by atoms with Gasteiger partial charge in [-0.2, -0.15) is 0 Å². The van der Waals surface area contributed by atoms with Crippen molar-refractivity contribution in [2.45, 2.75) is 72.4 Å². The van der Waals surface area contributed by atoms with E-state index in [-0.39, 0.29) is 22.7 Å². The van der Waals surface area contributed by atoms with Crippen LogP contribution in [0.3, 0.4) is 0 Å². The lowest BCUT2D eigenvalue weighted by Gasteiger charge is -2.24. The fourth-order valence-electron chi connectivity index (χ4n) is 1.96. The Labute approximate surface area is 186 Å². The third-order valence-corrected chi connectivity index (χ3v) is 5.96. The topological polar surface area (TPSA) is 113 Å². The van der Waals surface area contributed by atoms with Crippen molar-refractivity contribution in [3.63, 3.8) is 0 Å². The second-order valence-corrected chi connectivity index (χ2v) is 9.52. The number of esters is 1. The van der Waals surface area contributed by atoms with Gasteiger partial charge in [0.1, 0.15) is 10.0 Å². The highest BCUT2D eigenvalue weighted by molar-refractivity contribution is 7.14. The van der Waals surface area contributed by atoms with Crippen LogP contribution in [0.15, 0.2) is 11.0 Å². The summed E-state index contributed by atoms with van der Waals surface area (Å²) in [5, 5.41) is 16.7. The number of hydrogen-bond acceptors (Lipinski definition) is 9. The number of carbonyl (C=O) groups excluding carboxylic acids is 1. The van der Waals surface area contributed by atoms with E-state index in [9.17, 15) is 9.59 Å². The van der Waals surface area contributed by atoms with Gasteiger partial charge in [0.05, 0.1) is 17.6 Å². The van der Waals surface area contributed by atoms with E-state index < -0.39 is 5.97 Å². The van der Waals surface area contributed by atoms with Gasteiger partial charge in [-0.25, -0.2) is 19.6 Å². The molecule has 0 aliphatic heterocycles. The molecule has 0 saturated carbocycles. The van der Waals surface area contributed by atoms with Gasteiger partial charge in [-0.1, -0.05) is 13.8 Å². The Morgan fingerprint density at radius 1 is 0.933 bits per heavy atom. The largest absolute Gasteiger partial charge is 0.476 e. The minimum Gasteiger partial charge on any atom is -0.476 e. The first kappa shape index (κ1) is 25.8. The SMILES string of the molecule is CCC(C)(C)Nc1scnc1C(=O)O.CCOC(=O)c1ncsc1NC(C)(C)CC. The monoisotopic (exact) mass is 456 g/mol. The summed E-state index contributed by atoms with van der Waals surface area (Å²) < 4.78 is 4.94. The molecule has 2 aromatic rings. The van der Waals surface area contributed by atoms with Crippen LogP contribution in [0, 0.1) is 0 Å². The molecule has 0 aliphatic carbocycles. The van der Waals surface area contributed by atoms with Crippen LogP contribution >= 0.6 is 22.7 Å². The summed E-state index contributed by atoms with van der Waals surface area (Å²) in [5.41, 5.74) is 3.53. The summed E-state index contributed by atoms with van der Waals surface area (Å²) in [6, 6.07) is 0. The van der Waals surface area contributed by atoms with Gasteiger partial charge in [-0.15, -0.1) is 22.7 Å². The van der Waals surface area contributed by atoms with Crippen molar-refractivity contribution in [1.29, 1.82) is 0 Å². The molecule has 0 bridgehead atoms. The maximum atomic E-state index is 11.6. The van der Waals surface area contributed by atoms with Crippen LogP contribution in [-0.2, 0) is 4.74 Å². The van der Waals surface area contributed by atoms with E-state index >= 15 is 0 Å². The Kier molecular flexibility index (Phi) is 9.70. The maximum absolute atomic E-state index is 11.6. The van der Waals surface area contributed by atoms with Crippen LogP contribution in [0.5, 0.6) is 0 Å². The maximum Gasteiger partial charge on any atom is 0.360 e. The Hall–Kier alpha value is -2.20. The number of anilines is 2. The zero-order valence-corrected chi connectivity index (χ0v) is 20.3. The first-order valence-electron chi connectivity index (χ1n) is 9.80. The highest BCUT2D eigenvalue weighted by Crippen LogP contribution is 2.26. The standard InChI is InChI=1S/C11H18N2O2S.C9H14N2O2S/c1-5-11(3,4)13-9-8(12-7-16-9)10(14)15-6-2;1-4-9(2,3)11-7-6(8(12)13)10-5-14-7/h7,13H,5-6H2,1-4H3;5,11H,4H2,1-3H3,(H,12,13). The summed E-state index contributed by atoms with van der Waals surface area (Å²) in [7, 11) is 0. The number of carbonyl (C=O) groups is 2. The number of aromatic carboxylic acids is 1. The Bertz CT molecular complexity index is 830. The fourth-order valence-corrected chi connectivity index (χ4v) is 3.66. The average Bonchev–Trinajstić information content (AvgIpc) is 3.31. The van der Waals surface area contributed by atoms with E-state index in [1.54, 1.807) is 12.4 Å². The highest BCUT2D eigenvalue weighted by Gasteiger charge is 2.22. The van der Waals surface area contributed by atoms with Gasteiger partial charge in [-0.05, 0) is 47.5 Å². The molecule has 168 valence electrons. The summed E-state index contributed by atoms with van der Waals surface area (Å²) >= 11 is 2.74. The highest BCUT2D eigenvalue weighted by atomic mass is 32.1. The summed E-state index contributed by atoms with van der Waals surface area (Å²) in [6.07, 6.45) is 1.89. The quantitative estimate of drug-likeness (QED) is 0.432. The van der Waals surface area contributed by atoms with Gasteiger partial charge in [0.2, 0.25) is 0 Å². The predicted molar refractivity (Wildman–Crippen MR) is 123 cm³/mol. The van der Waals surface area contributed by atoms with Crippen molar-refractivity contribution in [3.05, 3.63) is 22.4 Å². The molecule has 0 amide bonds. The van der Waals surface area contributed by atoms with Crippen molar-refractivity contribution >= 4 is 44.6 Å². The van der Waals surface area contributed by atoms with Crippen molar-refractivity contribution in [2.75, 3.05) is 17.2 Å². The van der Waals surface area contributed by atoms with Crippen LogP contribution in [0.4, 0.5) is 10.0 Å². The molecule has 2 aromatic heterocycles. The zero-order valence-electron chi connectivity index (χ0n) is 18.7. The number of ether oxygens (including phenoxy) is 1. The van der Waals surface area contributed by atoms with E-state index in [2.05, 4.69) is 48.3 Å². The molecule has 0 radical (unpaired) electrons. The summed E-state index contributed by atoms with van der Waals surface area (Å²) in [6.45, 7) is 14.5. The van der Waals surface area contributed by atoms with Crippen LogP contribution in [-0.4, -0.2) is 44.7 Å². The average molecular weight is 457 g/mol. The molecule has 0 spiro atoms. The lowest BCUT2D eigenvalue weighted by molar-refractivity contribution is 0.0521. The lowest BCUT2D eigenvalue weighted by Crippen LogP contribution is -2.30. The molecular formula is C20H32N4O4S2. The lowest BCUT2D eigenvalue weighted by atomic mass is 10.0. The summed E-state index contributed by atoms with van der Waals surface area (Å²) in [4.78, 5) is 30.2. The molecular weight excluding hydrogens is 424 g/mol. The van der Waals surface area contributed by atoms with Crippen molar-refractivity contribution < 1.29 is 19.4 Å². The number of nitrogens with one attached hydrogen (secondary N) is 2. The van der Waals surface area contributed by atoms with E-state index in [0.717, 1.165) is 17.8 Å². The summed E-state index contributed by atoms with van der Waals surface area (Å²) in [5.74, 6) is -1.35. The Balaban J connectivity index is 0.000000303. The minimum atomic E-state index is -0.986. The number of thiazole rings is 2. The van der Waals surface area contributed by atoms with Crippen LogP contribution in [0.2, 0.25) is 0 Å². The minimum absolute atomic E-state index is 0.0478. The Morgan fingerprint density at radius 3 is 1.77 bits per heavy atom. The first-order chi connectivity index (χ1) is 14.0. The van der Waals surface area contributed by atoms with Crippen LogP contribution in [0.25, 0.3) is 0 Å². The number of aromatic nitrogens is 2. The third kappa shape index (κ3) is 7.91. The number of hydrogen-bond donors (Lipinski definition) is 3. The van der Waals surface area contributed by atoms with Gasteiger partial charge < -0.3 is 20.5 Å². The molecule has 0 aromatic carbocycles. The van der Waals surface area contributed by atoms with Gasteiger partial charge in [-0.3, -0.25) is 0 Å². The molecule has 8 nitrogen and oxygen atoms in total. The number of rotatable bonds is 9. The molecule has 0 unspecified atom stereocenters. The number of carboxylic acid groups (broad SMARTS) is 1. The second kappa shape index (κ2) is 11.3. The number of nitrogens with zero attached hydrogens (tertiary/aromatic N) is 2. The third-order valence-electron chi connectivity index (χ3n) is 4.48. The first-order valence-corrected chi connectivity index (χ1v) is 11.6. The molecule has 2 rings (SSSR count). The van der Waals surface area contributed by atoms with E-state index in [0.29, 0.717) is 17.3 Å². The molecule has 30 heavy (non-hydrogen) atoms. The molecule has 0 saturated heterocycles. The normalized spacial score (nSPS) is 11.3. The molecule has 0 atom stereocenters. The second-order valence-electron chi connectivity index (χ2n) is 7.81. The van der Waals surface area contributed by atoms with E-state index in [1.165, 1.54) is 28.2 Å². The van der Waals surface area contributed by atoms with Gasteiger partial charge in [0.15, 0.2) is 11.4 Å². The number of carboxylic acids is 1. The van der Waals surface area contributed by atoms with Crippen molar-refractivity contribution in [1.82, 2.24) is 9.97 Å².